The Morgan fingerprint density at radius 3 is 2.75 bits per heavy atom. The van der Waals surface area contributed by atoms with E-state index in [9.17, 15) is 4.79 Å². The molecule has 0 bridgehead atoms. The monoisotopic (exact) mass is 242 g/mol. The number of rotatable bonds is 3. The third-order valence-corrected chi connectivity index (χ3v) is 3.05. The lowest BCUT2D eigenvalue weighted by Crippen LogP contribution is -2.53. The molecule has 0 aliphatic carbocycles. The minimum Gasteiger partial charge on any atom is -0.409 e. The highest BCUT2D eigenvalue weighted by Crippen LogP contribution is 2.13. The van der Waals surface area contributed by atoms with Crippen molar-refractivity contribution in [2.45, 2.75) is 26.3 Å². The minimum atomic E-state index is -0.901. The number of carbonyl (C=O) groups is 1. The molecule has 0 fully saturated rings. The van der Waals surface area contributed by atoms with Crippen molar-refractivity contribution in [3.63, 3.8) is 0 Å². The highest BCUT2D eigenvalue weighted by Gasteiger charge is 2.27. The molecule has 1 amide bonds. The van der Waals surface area contributed by atoms with Crippen molar-refractivity contribution in [3.8, 4) is 0 Å². The van der Waals surface area contributed by atoms with Crippen molar-refractivity contribution >= 4 is 23.1 Å². The van der Waals surface area contributed by atoms with Crippen LogP contribution in [0.4, 0.5) is 0 Å². The molecule has 0 atom stereocenters. The molecule has 1 aromatic heterocycles. The smallest absolute Gasteiger partial charge is 0.264 e. The van der Waals surface area contributed by atoms with Crippen molar-refractivity contribution in [2.24, 2.45) is 10.9 Å². The molecule has 0 aliphatic rings. The summed E-state index contributed by atoms with van der Waals surface area (Å²) in [5.41, 5.74) is 6.83. The molecular weight excluding hydrogens is 228 g/mol. The fraction of sp³-hybridized carbons (Fsp3) is 0.444. The highest BCUT2D eigenvalue weighted by atomic mass is 32.1. The van der Waals surface area contributed by atoms with Gasteiger partial charge in [-0.2, -0.15) is 0 Å². The SMILES string of the molecule is Cc1ncsc1C(=O)NC(C)(C)/C(N)=N/O. The molecule has 6 nitrogen and oxygen atoms in total. The van der Waals surface area contributed by atoms with Crippen LogP contribution >= 0.6 is 11.3 Å². The van der Waals surface area contributed by atoms with Gasteiger partial charge in [0.25, 0.3) is 5.91 Å². The summed E-state index contributed by atoms with van der Waals surface area (Å²) in [4.78, 5) is 16.3. The maximum absolute atomic E-state index is 11.8. The predicted octanol–water partition coefficient (Wildman–Crippen LogP) is 0.706. The number of thiazole rings is 1. The molecule has 0 unspecified atom stereocenters. The van der Waals surface area contributed by atoms with Gasteiger partial charge in [0.2, 0.25) is 0 Å². The Kier molecular flexibility index (Phi) is 3.48. The maximum Gasteiger partial charge on any atom is 0.264 e. The number of nitrogens with one attached hydrogen (secondary N) is 1. The van der Waals surface area contributed by atoms with Gasteiger partial charge in [-0.15, -0.1) is 11.3 Å². The summed E-state index contributed by atoms with van der Waals surface area (Å²) < 4.78 is 0. The van der Waals surface area contributed by atoms with Gasteiger partial charge in [-0.25, -0.2) is 4.98 Å². The number of hydrogen-bond acceptors (Lipinski definition) is 5. The lowest BCUT2D eigenvalue weighted by molar-refractivity contribution is 0.0934. The van der Waals surface area contributed by atoms with E-state index in [0.717, 1.165) is 0 Å². The number of nitrogens with two attached hydrogens (primary N) is 1. The lowest BCUT2D eigenvalue weighted by Gasteiger charge is -2.24. The van der Waals surface area contributed by atoms with Crippen LogP contribution in [0.2, 0.25) is 0 Å². The Labute approximate surface area is 97.2 Å². The maximum atomic E-state index is 11.8. The van der Waals surface area contributed by atoms with E-state index in [1.54, 1.807) is 26.3 Å². The van der Waals surface area contributed by atoms with Gasteiger partial charge >= 0.3 is 0 Å². The van der Waals surface area contributed by atoms with Crippen LogP contribution < -0.4 is 11.1 Å². The van der Waals surface area contributed by atoms with Crippen molar-refractivity contribution in [1.29, 1.82) is 0 Å². The summed E-state index contributed by atoms with van der Waals surface area (Å²) in [7, 11) is 0. The van der Waals surface area contributed by atoms with Crippen molar-refractivity contribution in [3.05, 3.63) is 16.1 Å². The van der Waals surface area contributed by atoms with Crippen LogP contribution in [0.1, 0.15) is 29.2 Å². The fourth-order valence-electron chi connectivity index (χ4n) is 1.05. The van der Waals surface area contributed by atoms with E-state index in [-0.39, 0.29) is 11.7 Å². The average Bonchev–Trinajstić information content (AvgIpc) is 2.62. The summed E-state index contributed by atoms with van der Waals surface area (Å²) in [5, 5.41) is 14.1. The normalized spacial score (nSPS) is 12.6. The van der Waals surface area contributed by atoms with E-state index in [1.807, 2.05) is 0 Å². The van der Waals surface area contributed by atoms with E-state index in [0.29, 0.717) is 10.6 Å². The van der Waals surface area contributed by atoms with Crippen molar-refractivity contribution < 1.29 is 10.0 Å². The van der Waals surface area contributed by atoms with Crippen LogP contribution in [0, 0.1) is 6.92 Å². The van der Waals surface area contributed by atoms with Crippen LogP contribution in [0.25, 0.3) is 0 Å². The molecule has 0 saturated heterocycles. The Bertz CT molecular complexity index is 425. The number of aryl methyl sites for hydroxylation is 1. The first kappa shape index (κ1) is 12.4. The number of hydrogen-bond donors (Lipinski definition) is 3. The zero-order valence-corrected chi connectivity index (χ0v) is 10.1. The van der Waals surface area contributed by atoms with Gasteiger partial charge in [0.05, 0.1) is 16.7 Å². The number of nitrogens with zero attached hydrogens (tertiary/aromatic N) is 2. The van der Waals surface area contributed by atoms with Crippen LogP contribution in [-0.2, 0) is 0 Å². The molecule has 7 heteroatoms. The molecular formula is C9H14N4O2S. The second-order valence-electron chi connectivity index (χ2n) is 3.83. The summed E-state index contributed by atoms with van der Waals surface area (Å²) >= 11 is 1.25. The molecule has 88 valence electrons. The summed E-state index contributed by atoms with van der Waals surface area (Å²) in [5.74, 6) is -0.334. The predicted molar refractivity (Wildman–Crippen MR) is 61.8 cm³/mol. The Morgan fingerprint density at radius 1 is 1.69 bits per heavy atom. The van der Waals surface area contributed by atoms with Crippen molar-refractivity contribution in [2.75, 3.05) is 0 Å². The number of carbonyl (C=O) groups excluding carboxylic acids is 1. The summed E-state index contributed by atoms with van der Waals surface area (Å²) in [6.45, 7) is 5.05. The number of aromatic nitrogens is 1. The topological polar surface area (TPSA) is 101 Å². The Morgan fingerprint density at radius 2 is 2.31 bits per heavy atom. The molecule has 0 aliphatic heterocycles. The van der Waals surface area contributed by atoms with E-state index >= 15 is 0 Å². The number of amidine groups is 1. The van der Waals surface area contributed by atoms with Gasteiger partial charge in [0, 0.05) is 0 Å². The standard InChI is InChI=1S/C9H14N4O2S/c1-5-6(16-4-11-5)7(14)12-9(2,3)8(10)13-15/h4,15H,1-3H3,(H2,10,13)(H,12,14). The van der Waals surface area contributed by atoms with E-state index in [2.05, 4.69) is 15.5 Å². The molecule has 1 aromatic rings. The molecule has 0 aromatic carbocycles. The van der Waals surface area contributed by atoms with Crippen molar-refractivity contribution in [1.82, 2.24) is 10.3 Å². The highest BCUT2D eigenvalue weighted by molar-refractivity contribution is 7.11. The molecule has 1 rings (SSSR count). The molecule has 0 saturated carbocycles. The second kappa shape index (κ2) is 4.48. The molecule has 16 heavy (non-hydrogen) atoms. The average molecular weight is 242 g/mol. The number of amides is 1. The number of oxime groups is 1. The first-order valence-corrected chi connectivity index (χ1v) is 5.47. The van der Waals surface area contributed by atoms with Crippen LogP contribution in [0.15, 0.2) is 10.7 Å². The van der Waals surface area contributed by atoms with Gasteiger partial charge in [-0.1, -0.05) is 5.16 Å². The van der Waals surface area contributed by atoms with Gasteiger partial charge in [-0.3, -0.25) is 4.79 Å². The lowest BCUT2D eigenvalue weighted by atomic mass is 10.0. The third-order valence-electron chi connectivity index (χ3n) is 2.13. The van der Waals surface area contributed by atoms with E-state index in [1.165, 1.54) is 11.3 Å². The van der Waals surface area contributed by atoms with Gasteiger partial charge in [0.15, 0.2) is 5.84 Å². The molecule has 1 heterocycles. The quantitative estimate of drug-likeness (QED) is 0.314. The first-order chi connectivity index (χ1) is 7.38. The van der Waals surface area contributed by atoms with Gasteiger partial charge in [-0.05, 0) is 20.8 Å². The Balaban J connectivity index is 2.84. The van der Waals surface area contributed by atoms with Crippen LogP contribution in [-0.4, -0.2) is 27.5 Å². The zero-order chi connectivity index (χ0) is 12.3. The molecule has 4 N–H and O–H groups in total. The van der Waals surface area contributed by atoms with Crippen LogP contribution in [0.5, 0.6) is 0 Å². The summed E-state index contributed by atoms with van der Waals surface area (Å²) in [6, 6.07) is 0. The van der Waals surface area contributed by atoms with Crippen LogP contribution in [0.3, 0.4) is 0 Å². The third kappa shape index (κ3) is 2.48. The summed E-state index contributed by atoms with van der Waals surface area (Å²) in [6.07, 6.45) is 0. The molecule has 0 radical (unpaired) electrons. The minimum absolute atomic E-state index is 0.0528. The van der Waals surface area contributed by atoms with E-state index in [4.69, 9.17) is 10.9 Å². The van der Waals surface area contributed by atoms with E-state index < -0.39 is 5.54 Å². The zero-order valence-electron chi connectivity index (χ0n) is 9.31. The largest absolute Gasteiger partial charge is 0.409 e. The first-order valence-electron chi connectivity index (χ1n) is 4.59. The van der Waals surface area contributed by atoms with Gasteiger partial charge in [0.1, 0.15) is 4.88 Å². The second-order valence-corrected chi connectivity index (χ2v) is 4.69. The molecule has 0 spiro atoms. The Hall–Kier alpha value is -1.63. The fourth-order valence-corrected chi connectivity index (χ4v) is 1.75. The van der Waals surface area contributed by atoms with Gasteiger partial charge < -0.3 is 16.3 Å².